The smallest absolute Gasteiger partial charge is 0.0555 e. The Balaban J connectivity index is 1.07. The van der Waals surface area contributed by atoms with Crippen LogP contribution in [0.5, 0.6) is 0 Å². The van der Waals surface area contributed by atoms with Gasteiger partial charge in [0.25, 0.3) is 0 Å². The molecule has 0 amide bonds. The molecule has 3 aromatic carbocycles. The second kappa shape index (κ2) is 10.8. The lowest BCUT2D eigenvalue weighted by molar-refractivity contribution is -0.0297. The Hall–Kier alpha value is -4.98. The lowest BCUT2D eigenvalue weighted by Gasteiger charge is -2.63. The van der Waals surface area contributed by atoms with Crippen LogP contribution < -0.4 is 0 Å². The van der Waals surface area contributed by atoms with Gasteiger partial charge in [0.05, 0.1) is 11.1 Å². The van der Waals surface area contributed by atoms with Gasteiger partial charge in [-0.3, -0.25) is 0 Å². The lowest BCUT2D eigenvalue weighted by atomic mass is 9.41. The van der Waals surface area contributed by atoms with Gasteiger partial charge in [0, 0.05) is 22.3 Å². The molecule has 0 radical (unpaired) electrons. The summed E-state index contributed by atoms with van der Waals surface area (Å²) in [5.41, 5.74) is 10.6. The van der Waals surface area contributed by atoms with Gasteiger partial charge in [0.15, 0.2) is 0 Å². The second-order valence-corrected chi connectivity index (χ2v) is 17.4. The third-order valence-corrected chi connectivity index (χ3v) is 14.6. The fraction of sp³-hybridized carbons (Fsp3) is 0.400. The topological polar surface area (TPSA) is 0 Å². The first-order chi connectivity index (χ1) is 24.2. The van der Waals surface area contributed by atoms with E-state index >= 15 is 0 Å². The van der Waals surface area contributed by atoms with Crippen molar-refractivity contribution >= 4 is 0 Å². The standard InChI is InChI=1S/C50H42/c1-7-37-19-43(20-38(8-2)45(37)11-5)49-27-33-17-34(28-49)24-47(23-33,31-49)41-13-15-42(16-14-41)48-25-35-18-36(26-48)30-50(29-35,32-48)44-21-39(9-3)46(12-6)40(10-4)22-44/h1-6,13-16,19-22,33-36H,17-18,23-32H2. The van der Waals surface area contributed by atoms with Crippen LogP contribution in [-0.2, 0) is 21.7 Å². The van der Waals surface area contributed by atoms with Crippen molar-refractivity contribution in [2.24, 2.45) is 23.7 Å². The monoisotopic (exact) mass is 642 g/mol. The van der Waals surface area contributed by atoms with E-state index in [-0.39, 0.29) is 21.7 Å². The quantitative estimate of drug-likeness (QED) is 0.249. The highest BCUT2D eigenvalue weighted by atomic mass is 14.6. The SMILES string of the molecule is C#Cc1cc(C23CC4CC(CC(c5ccc(C67CC8CC(C6)CC(c6cc(C#C)c(C#C)c(C#C)c6)(C8)C7)cc5)(C4)C2)C3)cc(C#C)c1C#C. The van der Waals surface area contributed by atoms with Gasteiger partial charge < -0.3 is 0 Å². The van der Waals surface area contributed by atoms with E-state index in [0.717, 1.165) is 58.8 Å². The number of rotatable bonds is 4. The molecule has 4 unspecified atom stereocenters. The van der Waals surface area contributed by atoms with E-state index in [1.807, 2.05) is 0 Å². The highest BCUT2D eigenvalue weighted by Gasteiger charge is 2.60. The molecule has 50 heavy (non-hydrogen) atoms. The van der Waals surface area contributed by atoms with Crippen molar-refractivity contribution in [1.82, 2.24) is 0 Å². The van der Waals surface area contributed by atoms with Gasteiger partial charge in [-0.1, -0.05) is 59.8 Å². The molecule has 8 aliphatic rings. The first kappa shape index (κ1) is 31.0. The Bertz CT molecular complexity index is 1970. The number of hydrogen-bond acceptors (Lipinski definition) is 0. The highest BCUT2D eigenvalue weighted by Crippen LogP contribution is 2.68. The third kappa shape index (κ3) is 4.29. The first-order valence-electron chi connectivity index (χ1n) is 18.5. The molecule has 0 aliphatic heterocycles. The minimum atomic E-state index is 0.0862. The molecule has 8 fully saturated rings. The van der Waals surface area contributed by atoms with Gasteiger partial charge in [-0.25, -0.2) is 0 Å². The molecular weight excluding hydrogens is 601 g/mol. The molecule has 0 N–H and O–H groups in total. The van der Waals surface area contributed by atoms with Crippen LogP contribution in [0.15, 0.2) is 48.5 Å². The predicted molar refractivity (Wildman–Crippen MR) is 203 cm³/mol. The van der Waals surface area contributed by atoms with Gasteiger partial charge in [-0.15, -0.1) is 38.5 Å². The summed E-state index contributed by atoms with van der Waals surface area (Å²) in [6.45, 7) is 0. The molecule has 8 bridgehead atoms. The minimum Gasteiger partial charge on any atom is -0.115 e. The zero-order valence-electron chi connectivity index (χ0n) is 28.9. The average molecular weight is 643 g/mol. The number of terminal acetylenes is 6. The van der Waals surface area contributed by atoms with Crippen molar-refractivity contribution < 1.29 is 0 Å². The molecule has 4 atom stereocenters. The number of hydrogen-bond donors (Lipinski definition) is 0. The van der Waals surface area contributed by atoms with Crippen LogP contribution in [0.25, 0.3) is 0 Å². The van der Waals surface area contributed by atoms with Crippen molar-refractivity contribution in [3.63, 3.8) is 0 Å². The summed E-state index contributed by atoms with van der Waals surface area (Å²) in [5, 5.41) is 0. The molecule has 0 aromatic heterocycles. The molecule has 0 spiro atoms. The minimum absolute atomic E-state index is 0.0862. The Morgan fingerprint density at radius 3 is 0.880 bits per heavy atom. The molecule has 8 aliphatic carbocycles. The number of benzene rings is 3. The van der Waals surface area contributed by atoms with Gasteiger partial charge in [-0.05, 0) is 169 Å². The maximum absolute atomic E-state index is 5.99. The maximum Gasteiger partial charge on any atom is 0.0555 e. The van der Waals surface area contributed by atoms with Crippen LogP contribution in [0, 0.1) is 97.7 Å². The zero-order valence-corrected chi connectivity index (χ0v) is 28.9. The Morgan fingerprint density at radius 1 is 0.380 bits per heavy atom. The molecule has 8 saturated carbocycles. The largest absolute Gasteiger partial charge is 0.115 e. The van der Waals surface area contributed by atoms with E-state index in [1.54, 1.807) is 0 Å². The third-order valence-electron chi connectivity index (χ3n) is 14.6. The van der Waals surface area contributed by atoms with Crippen LogP contribution in [0.3, 0.4) is 0 Å². The fourth-order valence-corrected chi connectivity index (χ4v) is 13.7. The molecule has 0 heterocycles. The van der Waals surface area contributed by atoms with E-state index in [9.17, 15) is 0 Å². The van der Waals surface area contributed by atoms with E-state index < -0.39 is 0 Å². The fourth-order valence-electron chi connectivity index (χ4n) is 13.7. The van der Waals surface area contributed by atoms with Crippen LogP contribution >= 0.6 is 0 Å². The predicted octanol–water partition coefficient (Wildman–Crippen LogP) is 9.15. The zero-order chi connectivity index (χ0) is 34.5. The molecule has 3 aromatic rings. The lowest BCUT2D eigenvalue weighted by Crippen LogP contribution is -2.56. The summed E-state index contributed by atoms with van der Waals surface area (Å²) in [5.74, 6) is 19.9. The van der Waals surface area contributed by atoms with E-state index in [1.165, 1.54) is 86.5 Å². The van der Waals surface area contributed by atoms with Crippen molar-refractivity contribution in [3.05, 3.63) is 104 Å². The van der Waals surface area contributed by atoms with Gasteiger partial charge in [0.2, 0.25) is 0 Å². The Labute approximate surface area is 299 Å². The second-order valence-electron chi connectivity index (χ2n) is 17.4. The van der Waals surface area contributed by atoms with Crippen molar-refractivity contribution in [2.45, 2.75) is 98.7 Å². The first-order valence-corrected chi connectivity index (χ1v) is 18.5. The molecule has 0 heteroatoms. The summed E-state index contributed by atoms with van der Waals surface area (Å²) < 4.78 is 0. The van der Waals surface area contributed by atoms with Crippen LogP contribution in [0.4, 0.5) is 0 Å². The molecular formula is C50H42. The Morgan fingerprint density at radius 2 is 0.640 bits per heavy atom. The van der Waals surface area contributed by atoms with E-state index in [0.29, 0.717) is 11.1 Å². The molecule has 0 saturated heterocycles. The molecule has 0 nitrogen and oxygen atoms in total. The van der Waals surface area contributed by atoms with Crippen molar-refractivity contribution in [1.29, 1.82) is 0 Å². The molecule has 242 valence electrons. The summed E-state index contributed by atoms with van der Waals surface area (Å²) in [6, 6.07) is 18.9. The van der Waals surface area contributed by atoms with Crippen LogP contribution in [-0.4, -0.2) is 0 Å². The summed E-state index contributed by atoms with van der Waals surface area (Å²) in [7, 11) is 0. The van der Waals surface area contributed by atoms with E-state index in [2.05, 4.69) is 84.1 Å². The Kier molecular flexibility index (Phi) is 6.68. The van der Waals surface area contributed by atoms with Crippen LogP contribution in [0.2, 0.25) is 0 Å². The normalized spacial score (nSPS) is 35.2. The summed E-state index contributed by atoms with van der Waals surface area (Å²) in [4.78, 5) is 0. The van der Waals surface area contributed by atoms with Gasteiger partial charge >= 0.3 is 0 Å². The van der Waals surface area contributed by atoms with Crippen molar-refractivity contribution in [2.75, 3.05) is 0 Å². The average Bonchev–Trinajstić information content (AvgIpc) is 3.12. The highest BCUT2D eigenvalue weighted by molar-refractivity contribution is 5.62. The maximum atomic E-state index is 5.99. The van der Waals surface area contributed by atoms with Gasteiger partial charge in [-0.2, -0.15) is 0 Å². The summed E-state index contributed by atoms with van der Waals surface area (Å²) in [6.07, 6.45) is 50.6. The van der Waals surface area contributed by atoms with Crippen molar-refractivity contribution in [3.8, 4) is 74.1 Å². The van der Waals surface area contributed by atoms with Crippen LogP contribution in [0.1, 0.15) is 133 Å². The van der Waals surface area contributed by atoms with Gasteiger partial charge in [0.1, 0.15) is 0 Å². The molecule has 11 rings (SSSR count). The summed E-state index contributed by atoms with van der Waals surface area (Å²) >= 11 is 0. The van der Waals surface area contributed by atoms with E-state index in [4.69, 9.17) is 38.5 Å².